The van der Waals surface area contributed by atoms with Gasteiger partial charge in [0.25, 0.3) is 10.0 Å². The van der Waals surface area contributed by atoms with Crippen molar-refractivity contribution >= 4 is 26.7 Å². The summed E-state index contributed by atoms with van der Waals surface area (Å²) in [6.45, 7) is 1.78. The standard InChI is InChI=1S/C24H21F3N4O3S/c1-2-5-23(32)28-30-35(33,34)20-12-10-19(11-13-20)31-21(15-22(29-31)24(25,26)27)18-9-8-16-6-3-4-7-17(16)14-18/h3-4,6-15,30H,2,5H2,1H3,(H,28,32). The minimum atomic E-state index is -4.67. The Kier molecular flexibility index (Phi) is 6.64. The van der Waals surface area contributed by atoms with Gasteiger partial charge in [-0.25, -0.2) is 13.1 Å². The molecule has 0 spiro atoms. The van der Waals surface area contributed by atoms with Crippen LogP contribution in [-0.4, -0.2) is 24.1 Å². The molecule has 35 heavy (non-hydrogen) atoms. The number of aromatic nitrogens is 2. The monoisotopic (exact) mass is 502 g/mol. The smallest absolute Gasteiger partial charge is 0.278 e. The molecule has 0 saturated carbocycles. The average molecular weight is 503 g/mol. The van der Waals surface area contributed by atoms with Gasteiger partial charge < -0.3 is 0 Å². The summed E-state index contributed by atoms with van der Waals surface area (Å²) < 4.78 is 66.5. The summed E-state index contributed by atoms with van der Waals surface area (Å²) >= 11 is 0. The Morgan fingerprint density at radius 1 is 0.971 bits per heavy atom. The molecule has 4 rings (SSSR count). The molecule has 3 aromatic carbocycles. The van der Waals surface area contributed by atoms with Crippen LogP contribution in [0.25, 0.3) is 27.7 Å². The molecule has 7 nitrogen and oxygen atoms in total. The number of carbonyl (C=O) groups is 1. The first-order valence-electron chi connectivity index (χ1n) is 10.7. The van der Waals surface area contributed by atoms with Crippen LogP contribution in [-0.2, 0) is 21.0 Å². The average Bonchev–Trinajstić information content (AvgIpc) is 3.29. The van der Waals surface area contributed by atoms with Crippen molar-refractivity contribution in [1.82, 2.24) is 20.0 Å². The third-order valence-electron chi connectivity index (χ3n) is 5.24. The second-order valence-electron chi connectivity index (χ2n) is 7.78. The first-order valence-corrected chi connectivity index (χ1v) is 12.1. The second-order valence-corrected chi connectivity index (χ2v) is 9.47. The number of hydrogen-bond acceptors (Lipinski definition) is 4. The Balaban J connectivity index is 1.71. The lowest BCUT2D eigenvalue weighted by molar-refractivity contribution is -0.141. The minimum Gasteiger partial charge on any atom is -0.278 e. The molecular formula is C24H21F3N4O3S. The van der Waals surface area contributed by atoms with Crippen LogP contribution in [0.15, 0.2) is 77.7 Å². The molecule has 0 aliphatic rings. The fourth-order valence-electron chi connectivity index (χ4n) is 3.51. The van der Waals surface area contributed by atoms with E-state index in [0.29, 0.717) is 12.0 Å². The Morgan fingerprint density at radius 2 is 1.66 bits per heavy atom. The molecule has 11 heteroatoms. The fraction of sp³-hybridized carbons (Fsp3) is 0.167. The van der Waals surface area contributed by atoms with Gasteiger partial charge in [0.15, 0.2) is 5.69 Å². The van der Waals surface area contributed by atoms with Crippen LogP contribution in [0.5, 0.6) is 0 Å². The number of alkyl halides is 3. The Bertz CT molecular complexity index is 1480. The van der Waals surface area contributed by atoms with Gasteiger partial charge in [0.2, 0.25) is 5.91 Å². The molecule has 0 bridgehead atoms. The van der Waals surface area contributed by atoms with Crippen molar-refractivity contribution in [2.75, 3.05) is 0 Å². The van der Waals surface area contributed by atoms with Gasteiger partial charge in [-0.15, -0.1) is 4.83 Å². The van der Waals surface area contributed by atoms with E-state index >= 15 is 0 Å². The van der Waals surface area contributed by atoms with Crippen LogP contribution in [0.4, 0.5) is 13.2 Å². The van der Waals surface area contributed by atoms with Crippen molar-refractivity contribution in [3.05, 3.63) is 78.5 Å². The molecule has 0 fully saturated rings. The predicted octanol–water partition coefficient (Wildman–Crippen LogP) is 4.82. The molecular weight excluding hydrogens is 481 g/mol. The van der Waals surface area contributed by atoms with Crippen LogP contribution < -0.4 is 10.3 Å². The van der Waals surface area contributed by atoms with Gasteiger partial charge in [0, 0.05) is 12.0 Å². The summed E-state index contributed by atoms with van der Waals surface area (Å²) in [5.74, 6) is -0.482. The highest BCUT2D eigenvalue weighted by atomic mass is 32.2. The Labute approximate surface area is 199 Å². The molecule has 182 valence electrons. The molecule has 1 aromatic heterocycles. The molecule has 2 N–H and O–H groups in total. The topological polar surface area (TPSA) is 93.1 Å². The lowest BCUT2D eigenvalue weighted by atomic mass is 10.0. The van der Waals surface area contributed by atoms with Gasteiger partial charge >= 0.3 is 6.18 Å². The lowest BCUT2D eigenvalue weighted by Crippen LogP contribution is -2.41. The van der Waals surface area contributed by atoms with E-state index in [-0.39, 0.29) is 22.7 Å². The number of fused-ring (bicyclic) bond motifs is 1. The number of sulfonamides is 1. The summed E-state index contributed by atoms with van der Waals surface area (Å²) in [6.07, 6.45) is -3.97. The van der Waals surface area contributed by atoms with Crippen LogP contribution in [0, 0.1) is 0 Å². The van der Waals surface area contributed by atoms with E-state index in [9.17, 15) is 26.4 Å². The van der Waals surface area contributed by atoms with E-state index in [4.69, 9.17) is 0 Å². The van der Waals surface area contributed by atoms with Crippen molar-refractivity contribution in [3.63, 3.8) is 0 Å². The van der Waals surface area contributed by atoms with Crippen molar-refractivity contribution < 1.29 is 26.4 Å². The quantitative estimate of drug-likeness (QED) is 0.355. The zero-order valence-corrected chi connectivity index (χ0v) is 19.3. The maximum atomic E-state index is 13.5. The minimum absolute atomic E-state index is 0.153. The highest BCUT2D eigenvalue weighted by Crippen LogP contribution is 2.34. The number of rotatable bonds is 7. The van der Waals surface area contributed by atoms with Crippen LogP contribution in [0.3, 0.4) is 0 Å². The number of benzene rings is 3. The highest BCUT2D eigenvalue weighted by molar-refractivity contribution is 7.89. The first-order chi connectivity index (χ1) is 16.6. The van der Waals surface area contributed by atoms with Crippen molar-refractivity contribution in [3.8, 4) is 16.9 Å². The largest absolute Gasteiger partial charge is 0.435 e. The van der Waals surface area contributed by atoms with Gasteiger partial charge in [-0.05, 0) is 53.6 Å². The molecule has 0 radical (unpaired) electrons. The normalized spacial score (nSPS) is 12.1. The molecule has 0 saturated heterocycles. The summed E-state index contributed by atoms with van der Waals surface area (Å²) in [6, 6.07) is 18.8. The summed E-state index contributed by atoms with van der Waals surface area (Å²) in [5, 5.41) is 5.54. The maximum absolute atomic E-state index is 13.5. The van der Waals surface area contributed by atoms with Gasteiger partial charge in [-0.1, -0.05) is 43.3 Å². The van der Waals surface area contributed by atoms with Crippen molar-refractivity contribution in [2.24, 2.45) is 0 Å². The second kappa shape index (κ2) is 9.51. The predicted molar refractivity (Wildman–Crippen MR) is 125 cm³/mol. The summed E-state index contributed by atoms with van der Waals surface area (Å²) in [5.41, 5.74) is 1.99. The van der Waals surface area contributed by atoms with E-state index in [1.807, 2.05) is 35.2 Å². The molecule has 0 atom stereocenters. The Hall–Kier alpha value is -3.70. The van der Waals surface area contributed by atoms with Crippen molar-refractivity contribution in [2.45, 2.75) is 30.8 Å². The lowest BCUT2D eigenvalue weighted by Gasteiger charge is -2.11. The van der Waals surface area contributed by atoms with E-state index < -0.39 is 27.8 Å². The highest BCUT2D eigenvalue weighted by Gasteiger charge is 2.35. The molecule has 1 amide bonds. The molecule has 1 heterocycles. The SMILES string of the molecule is CCCC(=O)NNS(=O)(=O)c1ccc(-n2nc(C(F)(F)F)cc2-c2ccc3ccccc3c2)cc1. The molecule has 0 unspecified atom stereocenters. The number of nitrogens with zero attached hydrogens (tertiary/aromatic N) is 2. The van der Waals surface area contributed by atoms with Crippen LogP contribution in [0.1, 0.15) is 25.5 Å². The number of carbonyl (C=O) groups excluding carboxylic acids is 1. The van der Waals surface area contributed by atoms with Crippen LogP contribution >= 0.6 is 0 Å². The third-order valence-corrected chi connectivity index (χ3v) is 6.50. The number of amides is 1. The van der Waals surface area contributed by atoms with E-state index in [0.717, 1.165) is 21.5 Å². The van der Waals surface area contributed by atoms with E-state index in [1.165, 1.54) is 24.3 Å². The van der Waals surface area contributed by atoms with E-state index in [1.54, 1.807) is 19.1 Å². The molecule has 0 aliphatic heterocycles. The van der Waals surface area contributed by atoms with Gasteiger partial charge in [-0.3, -0.25) is 10.2 Å². The number of halogens is 3. The Morgan fingerprint density at radius 3 is 2.31 bits per heavy atom. The van der Waals surface area contributed by atoms with Gasteiger partial charge in [-0.2, -0.15) is 18.3 Å². The zero-order valence-electron chi connectivity index (χ0n) is 18.5. The fourth-order valence-corrected chi connectivity index (χ4v) is 4.37. The summed E-state index contributed by atoms with van der Waals surface area (Å²) in [7, 11) is -4.07. The van der Waals surface area contributed by atoms with E-state index in [2.05, 4.69) is 10.5 Å². The number of nitrogens with one attached hydrogen (secondary N) is 2. The summed E-state index contributed by atoms with van der Waals surface area (Å²) in [4.78, 5) is 13.4. The molecule has 0 aliphatic carbocycles. The van der Waals surface area contributed by atoms with Gasteiger partial charge in [0.05, 0.1) is 16.3 Å². The molecule has 4 aromatic rings. The maximum Gasteiger partial charge on any atom is 0.435 e. The third kappa shape index (κ3) is 5.36. The first kappa shape index (κ1) is 24.4. The number of hydrogen-bond donors (Lipinski definition) is 2. The zero-order chi connectivity index (χ0) is 25.2. The van der Waals surface area contributed by atoms with Gasteiger partial charge in [0.1, 0.15) is 0 Å². The number of hydrazine groups is 1. The van der Waals surface area contributed by atoms with Crippen LogP contribution in [0.2, 0.25) is 0 Å². The van der Waals surface area contributed by atoms with Crippen molar-refractivity contribution in [1.29, 1.82) is 0 Å².